The Labute approximate surface area is 141 Å². The maximum Gasteiger partial charge on any atom is 0.345 e. The molecule has 0 aliphatic heterocycles. The van der Waals surface area contributed by atoms with Gasteiger partial charge in [-0.05, 0) is 67.6 Å². The third kappa shape index (κ3) is 4.26. The van der Waals surface area contributed by atoms with Gasteiger partial charge in [0.05, 0.1) is 0 Å². The van der Waals surface area contributed by atoms with Crippen LogP contribution in [0.4, 0.5) is 0 Å². The molecule has 2 aromatic rings. The molecule has 3 nitrogen and oxygen atoms in total. The maximum atomic E-state index is 11.6. The molecule has 0 radical (unpaired) electrons. The minimum atomic E-state index is -0.986. The molecule has 1 atom stereocenters. The lowest BCUT2D eigenvalue weighted by atomic mass is 10.0. The summed E-state index contributed by atoms with van der Waals surface area (Å²) in [6, 6.07) is 9.50. The summed E-state index contributed by atoms with van der Waals surface area (Å²) in [5.41, 5.74) is 4.90. The van der Waals surface area contributed by atoms with E-state index in [2.05, 4.69) is 6.07 Å². The highest BCUT2D eigenvalue weighted by atomic mass is 35.5. The van der Waals surface area contributed by atoms with Gasteiger partial charge < -0.3 is 9.84 Å². The van der Waals surface area contributed by atoms with Crippen LogP contribution in [-0.2, 0) is 11.2 Å². The van der Waals surface area contributed by atoms with Gasteiger partial charge in [0, 0.05) is 11.4 Å². The van der Waals surface area contributed by atoms with Crippen molar-refractivity contribution < 1.29 is 14.6 Å². The second-order valence-corrected chi connectivity index (χ2v) is 6.34. The first-order valence-electron chi connectivity index (χ1n) is 7.50. The molecule has 23 heavy (non-hydrogen) atoms. The van der Waals surface area contributed by atoms with Crippen molar-refractivity contribution in [2.24, 2.45) is 0 Å². The van der Waals surface area contributed by atoms with Gasteiger partial charge in [0.1, 0.15) is 5.75 Å². The zero-order chi connectivity index (χ0) is 17.1. The van der Waals surface area contributed by atoms with Crippen molar-refractivity contribution in [2.75, 3.05) is 0 Å². The number of carboxylic acid groups (broad SMARTS) is 1. The van der Waals surface area contributed by atoms with Gasteiger partial charge in [-0.15, -0.1) is 0 Å². The van der Waals surface area contributed by atoms with Crippen LogP contribution in [0.15, 0.2) is 30.3 Å². The Morgan fingerprint density at radius 2 is 1.83 bits per heavy atom. The summed E-state index contributed by atoms with van der Waals surface area (Å²) in [6.45, 7) is 7.81. The van der Waals surface area contributed by atoms with Gasteiger partial charge in [-0.25, -0.2) is 4.79 Å². The Bertz CT molecular complexity index is 738. The van der Waals surface area contributed by atoms with Crippen molar-refractivity contribution in [1.82, 2.24) is 0 Å². The van der Waals surface area contributed by atoms with Crippen LogP contribution in [0.25, 0.3) is 0 Å². The number of carbonyl (C=O) groups is 1. The van der Waals surface area contributed by atoms with Crippen LogP contribution in [0.2, 0.25) is 5.02 Å². The Hall–Kier alpha value is -2.00. The highest BCUT2D eigenvalue weighted by Gasteiger charge is 2.21. The fourth-order valence-corrected chi connectivity index (χ4v) is 2.64. The zero-order valence-corrected chi connectivity index (χ0v) is 14.6. The number of halogens is 1. The van der Waals surface area contributed by atoms with E-state index in [4.69, 9.17) is 16.3 Å². The maximum absolute atomic E-state index is 11.6. The molecule has 4 heteroatoms. The van der Waals surface area contributed by atoms with E-state index >= 15 is 0 Å². The van der Waals surface area contributed by atoms with E-state index in [0.717, 1.165) is 27.8 Å². The number of rotatable bonds is 5. The third-order valence-corrected chi connectivity index (χ3v) is 4.37. The standard InChI is InChI=1S/C19H21ClO3/c1-11-7-13(3)14(4)17(8-11)23-18(19(21)22)10-15-6-5-12(2)16(20)9-15/h5-9,18H,10H2,1-4H3,(H,21,22)/t18-/m0/s1. The molecule has 0 amide bonds. The average Bonchev–Trinajstić information content (AvgIpc) is 2.47. The highest BCUT2D eigenvalue weighted by Crippen LogP contribution is 2.26. The van der Waals surface area contributed by atoms with E-state index in [9.17, 15) is 9.90 Å². The second-order valence-electron chi connectivity index (χ2n) is 5.94. The SMILES string of the molecule is Cc1cc(C)c(C)c(O[C@@H](Cc2ccc(C)c(Cl)c2)C(=O)O)c1. The van der Waals surface area contributed by atoms with Gasteiger partial charge in [-0.1, -0.05) is 29.8 Å². The zero-order valence-electron chi connectivity index (χ0n) is 13.8. The minimum Gasteiger partial charge on any atom is -0.478 e. The summed E-state index contributed by atoms with van der Waals surface area (Å²) in [5.74, 6) is -0.367. The van der Waals surface area contributed by atoms with Crippen molar-refractivity contribution in [3.8, 4) is 5.75 Å². The van der Waals surface area contributed by atoms with Crippen LogP contribution in [-0.4, -0.2) is 17.2 Å². The Kier molecular flexibility index (Phi) is 5.32. The van der Waals surface area contributed by atoms with Gasteiger partial charge in [-0.3, -0.25) is 0 Å². The number of aryl methyl sites for hydroxylation is 3. The second kappa shape index (κ2) is 7.05. The van der Waals surface area contributed by atoms with E-state index in [0.29, 0.717) is 10.8 Å². The molecule has 0 unspecified atom stereocenters. The predicted octanol–water partition coefficient (Wildman–Crippen LogP) is 4.65. The Morgan fingerprint density at radius 1 is 1.13 bits per heavy atom. The number of ether oxygens (including phenoxy) is 1. The molecule has 0 spiro atoms. The van der Waals surface area contributed by atoms with E-state index in [1.807, 2.05) is 45.9 Å². The van der Waals surface area contributed by atoms with Crippen LogP contribution >= 0.6 is 11.6 Å². The predicted molar refractivity (Wildman–Crippen MR) is 92.6 cm³/mol. The fourth-order valence-electron chi connectivity index (χ4n) is 2.43. The van der Waals surface area contributed by atoms with Gasteiger partial charge in [0.25, 0.3) is 0 Å². The molecule has 2 aromatic carbocycles. The molecule has 122 valence electrons. The summed E-state index contributed by atoms with van der Waals surface area (Å²) in [7, 11) is 0. The molecule has 0 aliphatic rings. The quantitative estimate of drug-likeness (QED) is 0.867. The molecule has 0 saturated carbocycles. The molecule has 0 saturated heterocycles. The largest absolute Gasteiger partial charge is 0.478 e. The van der Waals surface area contributed by atoms with E-state index in [1.165, 1.54) is 0 Å². The minimum absolute atomic E-state index is 0.266. The molecule has 0 fully saturated rings. The van der Waals surface area contributed by atoms with Crippen molar-refractivity contribution in [2.45, 2.75) is 40.2 Å². The Morgan fingerprint density at radius 3 is 2.43 bits per heavy atom. The van der Waals surface area contributed by atoms with Crippen molar-refractivity contribution >= 4 is 17.6 Å². The number of hydrogen-bond acceptors (Lipinski definition) is 2. The monoisotopic (exact) mass is 332 g/mol. The smallest absolute Gasteiger partial charge is 0.345 e. The molecule has 0 bridgehead atoms. The lowest BCUT2D eigenvalue weighted by Crippen LogP contribution is -2.29. The van der Waals surface area contributed by atoms with Crippen molar-refractivity contribution in [3.05, 3.63) is 63.2 Å². The highest BCUT2D eigenvalue weighted by molar-refractivity contribution is 6.31. The van der Waals surface area contributed by atoms with Gasteiger partial charge >= 0.3 is 5.97 Å². The lowest BCUT2D eigenvalue weighted by molar-refractivity contribution is -0.145. The van der Waals surface area contributed by atoms with Gasteiger partial charge in [-0.2, -0.15) is 0 Å². The first-order valence-corrected chi connectivity index (χ1v) is 7.88. The number of carboxylic acids is 1. The average molecular weight is 333 g/mol. The normalized spacial score (nSPS) is 12.0. The topological polar surface area (TPSA) is 46.5 Å². The van der Waals surface area contributed by atoms with Crippen LogP contribution in [0.3, 0.4) is 0 Å². The first-order chi connectivity index (χ1) is 10.8. The van der Waals surface area contributed by atoms with E-state index in [1.54, 1.807) is 6.07 Å². The van der Waals surface area contributed by atoms with Crippen LogP contribution in [0, 0.1) is 27.7 Å². The van der Waals surface area contributed by atoms with Crippen LogP contribution in [0.1, 0.15) is 27.8 Å². The summed E-state index contributed by atoms with van der Waals surface area (Å²) in [4.78, 5) is 11.6. The Balaban J connectivity index is 2.26. The molecule has 0 aliphatic carbocycles. The van der Waals surface area contributed by atoms with Crippen LogP contribution < -0.4 is 4.74 Å². The van der Waals surface area contributed by atoms with Crippen LogP contribution in [0.5, 0.6) is 5.75 Å². The first kappa shape index (κ1) is 17.4. The summed E-state index contributed by atoms with van der Waals surface area (Å²) in [6.07, 6.45) is -0.685. The van der Waals surface area contributed by atoms with Crippen molar-refractivity contribution in [3.63, 3.8) is 0 Å². The molecular formula is C19H21ClO3. The number of benzene rings is 2. The van der Waals surface area contributed by atoms with Gasteiger partial charge in [0.15, 0.2) is 6.10 Å². The number of hydrogen-bond donors (Lipinski definition) is 1. The lowest BCUT2D eigenvalue weighted by Gasteiger charge is -2.18. The molecule has 0 aromatic heterocycles. The summed E-state index contributed by atoms with van der Waals surface area (Å²) in [5, 5.41) is 10.1. The molecule has 0 heterocycles. The van der Waals surface area contributed by atoms with Gasteiger partial charge in [0.2, 0.25) is 0 Å². The summed E-state index contributed by atoms with van der Waals surface area (Å²) >= 11 is 6.12. The third-order valence-electron chi connectivity index (χ3n) is 3.97. The number of aliphatic carboxylic acids is 1. The van der Waals surface area contributed by atoms with E-state index in [-0.39, 0.29) is 6.42 Å². The fraction of sp³-hybridized carbons (Fsp3) is 0.316. The van der Waals surface area contributed by atoms with E-state index < -0.39 is 12.1 Å². The molecular weight excluding hydrogens is 312 g/mol. The molecule has 2 rings (SSSR count). The van der Waals surface area contributed by atoms with Crippen molar-refractivity contribution in [1.29, 1.82) is 0 Å². The molecule has 1 N–H and O–H groups in total. The summed E-state index contributed by atoms with van der Waals surface area (Å²) < 4.78 is 5.80.